The fraction of sp³-hybridized carbons (Fsp3) is 0. The molecule has 0 unspecified atom stereocenters. The Balaban J connectivity index is 1.39. The first kappa shape index (κ1) is 19.4. The van der Waals surface area contributed by atoms with Gasteiger partial charge in [0.05, 0.1) is 33.8 Å². The van der Waals surface area contributed by atoms with Crippen LogP contribution < -0.4 is 0 Å². The third-order valence-electron chi connectivity index (χ3n) is 7.11. The van der Waals surface area contributed by atoms with Crippen LogP contribution >= 0.6 is 0 Å². The molecule has 0 atom stereocenters. The smallest absolute Gasteiger partial charge is 0.0872 e. The number of rotatable bonds is 2. The van der Waals surface area contributed by atoms with E-state index >= 15 is 0 Å². The van der Waals surface area contributed by atoms with E-state index in [1.165, 1.54) is 10.8 Å². The maximum atomic E-state index is 5.18. The Morgan fingerprint density at radius 1 is 0.417 bits per heavy atom. The second kappa shape index (κ2) is 7.27. The number of nitrogens with one attached hydrogen (secondary N) is 2. The van der Waals surface area contributed by atoms with Gasteiger partial charge in [-0.1, -0.05) is 72.8 Å². The molecule has 4 aromatic carbocycles. The monoisotopic (exact) mass is 460 g/mol. The second-order valence-electron chi connectivity index (χ2n) is 9.31. The molecule has 2 N–H and O–H groups in total. The van der Waals surface area contributed by atoms with E-state index < -0.39 is 0 Å². The van der Waals surface area contributed by atoms with Crippen molar-refractivity contribution in [2.75, 3.05) is 0 Å². The van der Waals surface area contributed by atoms with Gasteiger partial charge in [-0.3, -0.25) is 0 Å². The highest BCUT2D eigenvalue weighted by atomic mass is 14.8. The van der Waals surface area contributed by atoms with Gasteiger partial charge in [-0.15, -0.1) is 0 Å². The molecular weight excluding hydrogens is 440 g/mol. The molecule has 4 nitrogen and oxygen atoms in total. The van der Waals surface area contributed by atoms with Crippen LogP contribution in [-0.2, 0) is 0 Å². The molecule has 0 aliphatic heterocycles. The van der Waals surface area contributed by atoms with Gasteiger partial charge in [0, 0.05) is 38.0 Å². The van der Waals surface area contributed by atoms with Gasteiger partial charge in [-0.2, -0.15) is 0 Å². The summed E-state index contributed by atoms with van der Waals surface area (Å²) >= 11 is 0. The van der Waals surface area contributed by atoms with Gasteiger partial charge in [0.15, 0.2) is 0 Å². The van der Waals surface area contributed by atoms with Crippen molar-refractivity contribution in [3.05, 3.63) is 109 Å². The zero-order chi connectivity index (χ0) is 23.6. The van der Waals surface area contributed by atoms with Crippen molar-refractivity contribution < 1.29 is 0 Å². The quantitative estimate of drug-likeness (QED) is 0.255. The molecule has 4 aromatic heterocycles. The number of pyridine rings is 2. The van der Waals surface area contributed by atoms with E-state index in [1.54, 1.807) is 0 Å². The van der Waals surface area contributed by atoms with Gasteiger partial charge < -0.3 is 9.97 Å². The van der Waals surface area contributed by atoms with Crippen LogP contribution in [0.25, 0.3) is 77.2 Å². The minimum Gasteiger partial charge on any atom is -0.353 e. The molecule has 8 rings (SSSR count). The molecule has 0 bridgehead atoms. The van der Waals surface area contributed by atoms with Crippen molar-refractivity contribution in [2.24, 2.45) is 0 Å². The predicted molar refractivity (Wildman–Crippen MR) is 149 cm³/mol. The summed E-state index contributed by atoms with van der Waals surface area (Å²) < 4.78 is 0. The Labute approximate surface area is 206 Å². The molecule has 0 aliphatic carbocycles. The summed E-state index contributed by atoms with van der Waals surface area (Å²) in [4.78, 5) is 17.4. The van der Waals surface area contributed by atoms with Crippen molar-refractivity contribution in [3.8, 4) is 22.8 Å². The van der Waals surface area contributed by atoms with Gasteiger partial charge >= 0.3 is 0 Å². The van der Waals surface area contributed by atoms with E-state index in [1.807, 2.05) is 12.1 Å². The van der Waals surface area contributed by atoms with Crippen LogP contribution in [0.3, 0.4) is 0 Å². The third kappa shape index (κ3) is 2.88. The Hall–Kier alpha value is -4.96. The molecule has 0 saturated carbocycles. The molecule has 0 spiro atoms. The highest BCUT2D eigenvalue weighted by molar-refractivity contribution is 6.18. The Kier molecular flexibility index (Phi) is 3.91. The molecule has 4 heteroatoms. The Bertz CT molecular complexity index is 1900. The maximum absolute atomic E-state index is 5.18. The number of para-hydroxylation sites is 2. The number of aromatic amines is 2. The van der Waals surface area contributed by atoms with Crippen molar-refractivity contribution in [1.29, 1.82) is 0 Å². The summed E-state index contributed by atoms with van der Waals surface area (Å²) in [6.45, 7) is 0. The van der Waals surface area contributed by atoms with Gasteiger partial charge in [0.2, 0.25) is 0 Å². The zero-order valence-electron chi connectivity index (χ0n) is 19.3. The van der Waals surface area contributed by atoms with Gasteiger partial charge in [0.25, 0.3) is 0 Å². The molecule has 0 fully saturated rings. The van der Waals surface area contributed by atoms with E-state index in [9.17, 15) is 0 Å². The zero-order valence-corrected chi connectivity index (χ0v) is 19.3. The van der Waals surface area contributed by atoms with Gasteiger partial charge in [-0.05, 0) is 41.8 Å². The normalized spacial score (nSPS) is 11.9. The Morgan fingerprint density at radius 3 is 1.36 bits per heavy atom. The lowest BCUT2D eigenvalue weighted by Gasteiger charge is -2.09. The molecule has 0 amide bonds. The van der Waals surface area contributed by atoms with Crippen LogP contribution in [-0.4, -0.2) is 19.9 Å². The Morgan fingerprint density at radius 2 is 0.861 bits per heavy atom. The fourth-order valence-electron chi connectivity index (χ4n) is 5.30. The van der Waals surface area contributed by atoms with E-state index in [0.29, 0.717) is 0 Å². The van der Waals surface area contributed by atoms with Crippen molar-refractivity contribution in [1.82, 2.24) is 19.9 Å². The fourth-order valence-corrected chi connectivity index (χ4v) is 5.30. The number of nitrogens with zero attached hydrogens (tertiary/aromatic N) is 2. The number of benzene rings is 4. The highest BCUT2D eigenvalue weighted by Gasteiger charge is 2.13. The summed E-state index contributed by atoms with van der Waals surface area (Å²) in [5.74, 6) is 0. The van der Waals surface area contributed by atoms with Crippen LogP contribution in [0.2, 0.25) is 0 Å². The molecule has 0 radical (unpaired) electrons. The number of hydrogen-bond donors (Lipinski definition) is 2. The number of fused-ring (bicyclic) bond motifs is 7. The lowest BCUT2D eigenvalue weighted by atomic mass is 10.0. The topological polar surface area (TPSA) is 57.4 Å². The summed E-state index contributed by atoms with van der Waals surface area (Å²) in [7, 11) is 0. The summed E-state index contributed by atoms with van der Waals surface area (Å²) in [6.07, 6.45) is 0. The second-order valence-corrected chi connectivity index (χ2v) is 9.31. The largest absolute Gasteiger partial charge is 0.353 e. The third-order valence-corrected chi connectivity index (χ3v) is 7.11. The van der Waals surface area contributed by atoms with Crippen LogP contribution in [0.15, 0.2) is 109 Å². The van der Waals surface area contributed by atoms with Crippen LogP contribution in [0.4, 0.5) is 0 Å². The summed E-state index contributed by atoms with van der Waals surface area (Å²) in [5, 5.41) is 6.80. The van der Waals surface area contributed by atoms with E-state index in [0.717, 1.165) is 66.4 Å². The number of H-pyrrole nitrogens is 2. The molecule has 36 heavy (non-hydrogen) atoms. The van der Waals surface area contributed by atoms with E-state index in [-0.39, 0.29) is 0 Å². The van der Waals surface area contributed by atoms with Gasteiger partial charge in [-0.25, -0.2) is 9.97 Å². The number of aromatic nitrogens is 4. The highest BCUT2D eigenvalue weighted by Crippen LogP contribution is 2.34. The lowest BCUT2D eigenvalue weighted by Crippen LogP contribution is -1.91. The van der Waals surface area contributed by atoms with Crippen molar-refractivity contribution >= 4 is 54.4 Å². The molecule has 0 aliphatic rings. The minimum atomic E-state index is 0.926. The van der Waals surface area contributed by atoms with Crippen LogP contribution in [0.5, 0.6) is 0 Å². The summed E-state index contributed by atoms with van der Waals surface area (Å²) in [5.41, 5.74) is 8.05. The predicted octanol–water partition coefficient (Wildman–Crippen LogP) is 8.23. The maximum Gasteiger partial charge on any atom is 0.0872 e. The molecular formula is C32H20N4. The minimum absolute atomic E-state index is 0.926. The number of hydrogen-bond acceptors (Lipinski definition) is 2. The first-order chi connectivity index (χ1) is 17.8. The van der Waals surface area contributed by atoms with E-state index in [4.69, 9.17) is 9.97 Å². The SMILES string of the molecule is c1ccc2[nH]c(-c3ccc4ccc5ccc6ccc(-c7cc8ccccc8[nH]7)nc6c5c4n3)cc2c1. The average molecular weight is 461 g/mol. The molecule has 0 saturated heterocycles. The van der Waals surface area contributed by atoms with Crippen molar-refractivity contribution in [2.45, 2.75) is 0 Å². The van der Waals surface area contributed by atoms with E-state index in [2.05, 4.69) is 107 Å². The van der Waals surface area contributed by atoms with Crippen LogP contribution in [0, 0.1) is 0 Å². The first-order valence-electron chi connectivity index (χ1n) is 12.1. The molecule has 168 valence electrons. The summed E-state index contributed by atoms with van der Waals surface area (Å²) in [6, 6.07) is 38.1. The van der Waals surface area contributed by atoms with Gasteiger partial charge in [0.1, 0.15) is 0 Å². The first-order valence-corrected chi connectivity index (χ1v) is 12.1. The van der Waals surface area contributed by atoms with Crippen molar-refractivity contribution in [3.63, 3.8) is 0 Å². The van der Waals surface area contributed by atoms with Crippen LogP contribution in [0.1, 0.15) is 0 Å². The lowest BCUT2D eigenvalue weighted by molar-refractivity contribution is 1.34. The standard InChI is InChI=1S/C32H20N4/c1-3-7-24-22(5-1)17-28(33-24)26-15-13-20-11-9-19-10-12-21-14-16-27(36-32(21)30(19)31(20)35-26)29-18-23-6-2-4-8-25(23)34-29/h1-18,33-34H. The molecule has 8 aromatic rings. The average Bonchev–Trinajstić information content (AvgIpc) is 3.56. The molecule has 4 heterocycles.